The fraction of sp³-hybridized carbons (Fsp3) is 0.125. The normalized spacial score (nSPS) is 11.6. The largest absolute Gasteiger partial charge is 0.454 e. The van der Waals surface area contributed by atoms with E-state index in [1.54, 1.807) is 18.2 Å². The molecule has 3 aromatic rings. The molecule has 8 nitrogen and oxygen atoms in total. The van der Waals surface area contributed by atoms with Crippen molar-refractivity contribution in [3.63, 3.8) is 0 Å². The third-order valence-electron chi connectivity index (χ3n) is 4.82. The van der Waals surface area contributed by atoms with Gasteiger partial charge in [-0.15, -0.1) is 0 Å². The fourth-order valence-corrected chi connectivity index (χ4v) is 3.28. The third-order valence-corrected chi connectivity index (χ3v) is 5.05. The summed E-state index contributed by atoms with van der Waals surface area (Å²) in [6, 6.07) is 14.4. The summed E-state index contributed by atoms with van der Waals surface area (Å²) in [4.78, 5) is 37.2. The predicted molar refractivity (Wildman–Crippen MR) is 120 cm³/mol. The van der Waals surface area contributed by atoms with Crippen molar-refractivity contribution < 1.29 is 33.0 Å². The molecule has 0 atom stereocenters. The maximum absolute atomic E-state index is 13.1. The van der Waals surface area contributed by atoms with Crippen LogP contribution in [0.4, 0.5) is 10.1 Å². The lowest BCUT2D eigenvalue weighted by Crippen LogP contribution is -2.28. The Balaban J connectivity index is 1.34. The van der Waals surface area contributed by atoms with Gasteiger partial charge in [0.05, 0.1) is 11.3 Å². The summed E-state index contributed by atoms with van der Waals surface area (Å²) < 4.78 is 28.7. The van der Waals surface area contributed by atoms with Crippen LogP contribution in [0.15, 0.2) is 60.7 Å². The van der Waals surface area contributed by atoms with Crippen molar-refractivity contribution in [2.24, 2.45) is 0 Å². The summed E-state index contributed by atoms with van der Waals surface area (Å²) in [7, 11) is 0. The number of rotatable bonds is 7. The lowest BCUT2D eigenvalue weighted by atomic mass is 10.1. The first-order valence-corrected chi connectivity index (χ1v) is 10.5. The highest BCUT2D eigenvalue weighted by atomic mass is 35.5. The number of anilines is 1. The Labute approximate surface area is 198 Å². The number of hydrogen-bond acceptors (Lipinski definition) is 6. The number of nitrogens with one attached hydrogen (secondary N) is 2. The Hall–Kier alpha value is -4.11. The molecule has 2 N–H and O–H groups in total. The van der Waals surface area contributed by atoms with Gasteiger partial charge in [-0.3, -0.25) is 9.59 Å². The molecule has 1 heterocycles. The van der Waals surface area contributed by atoms with Crippen LogP contribution in [0.25, 0.3) is 0 Å². The van der Waals surface area contributed by atoms with E-state index in [0.29, 0.717) is 11.5 Å². The van der Waals surface area contributed by atoms with E-state index in [1.165, 1.54) is 30.3 Å². The Morgan fingerprint density at radius 1 is 0.971 bits per heavy atom. The van der Waals surface area contributed by atoms with Crippen LogP contribution in [0, 0.1) is 5.82 Å². The van der Waals surface area contributed by atoms with E-state index in [9.17, 15) is 18.8 Å². The zero-order valence-corrected chi connectivity index (χ0v) is 18.4. The highest BCUT2D eigenvalue weighted by molar-refractivity contribution is 6.31. The molecule has 0 bridgehead atoms. The van der Waals surface area contributed by atoms with Gasteiger partial charge < -0.3 is 24.8 Å². The maximum Gasteiger partial charge on any atom is 0.340 e. The van der Waals surface area contributed by atoms with Crippen molar-refractivity contribution in [3.8, 4) is 11.5 Å². The molecule has 1 aliphatic rings. The minimum absolute atomic E-state index is 0.00318. The quantitative estimate of drug-likeness (QED) is 0.492. The second-order valence-electron chi connectivity index (χ2n) is 7.19. The van der Waals surface area contributed by atoms with E-state index in [4.69, 9.17) is 25.8 Å². The number of benzene rings is 3. The van der Waals surface area contributed by atoms with Crippen LogP contribution in [0.5, 0.6) is 11.5 Å². The number of halogens is 2. The van der Waals surface area contributed by atoms with Crippen molar-refractivity contribution in [1.82, 2.24) is 5.32 Å². The molecule has 0 unspecified atom stereocenters. The molecule has 0 fully saturated rings. The lowest BCUT2D eigenvalue weighted by molar-refractivity contribution is -0.124. The standard InChI is InChI=1S/C24H18ClFN2O6/c25-16-4-7-18(19(10-16)28-23(30)15-2-5-17(26)6-3-15)24(31)32-12-22(29)27-11-14-1-8-20-21(9-14)34-13-33-20/h1-10H,11-13H2,(H,27,29)(H,28,30). The lowest BCUT2D eigenvalue weighted by Gasteiger charge is -2.12. The summed E-state index contributed by atoms with van der Waals surface area (Å²) in [5.74, 6) is -1.18. The van der Waals surface area contributed by atoms with Gasteiger partial charge in [0.25, 0.3) is 11.8 Å². The number of amides is 2. The average Bonchev–Trinajstić information content (AvgIpc) is 3.29. The van der Waals surface area contributed by atoms with Crippen LogP contribution < -0.4 is 20.1 Å². The zero-order chi connectivity index (χ0) is 24.1. The third kappa shape index (κ3) is 5.62. The van der Waals surface area contributed by atoms with E-state index in [-0.39, 0.29) is 35.2 Å². The molecule has 4 rings (SSSR count). The van der Waals surface area contributed by atoms with Crippen molar-refractivity contribution in [1.29, 1.82) is 0 Å². The van der Waals surface area contributed by atoms with E-state index in [0.717, 1.165) is 17.7 Å². The van der Waals surface area contributed by atoms with Crippen molar-refractivity contribution >= 4 is 35.1 Å². The minimum atomic E-state index is -0.829. The second kappa shape index (κ2) is 10.2. The Morgan fingerprint density at radius 3 is 2.53 bits per heavy atom. The Kier molecular flexibility index (Phi) is 6.93. The van der Waals surface area contributed by atoms with E-state index in [1.807, 2.05) is 0 Å². The van der Waals surface area contributed by atoms with Crippen LogP contribution in [-0.4, -0.2) is 31.2 Å². The summed E-state index contributed by atoms with van der Waals surface area (Å²) in [5, 5.41) is 5.47. The number of carbonyl (C=O) groups excluding carboxylic acids is 3. The van der Waals surface area contributed by atoms with Crippen LogP contribution in [0.2, 0.25) is 5.02 Å². The zero-order valence-electron chi connectivity index (χ0n) is 17.6. The average molecular weight is 485 g/mol. The fourth-order valence-electron chi connectivity index (χ4n) is 3.11. The monoisotopic (exact) mass is 484 g/mol. The predicted octanol–water partition coefficient (Wildman–Crippen LogP) is 3.93. The van der Waals surface area contributed by atoms with Crippen LogP contribution in [-0.2, 0) is 16.1 Å². The molecule has 3 aromatic carbocycles. The Bertz CT molecular complexity index is 1250. The van der Waals surface area contributed by atoms with Gasteiger partial charge in [-0.1, -0.05) is 17.7 Å². The molecule has 0 aromatic heterocycles. The number of fused-ring (bicyclic) bond motifs is 1. The highest BCUT2D eigenvalue weighted by Crippen LogP contribution is 2.32. The molecule has 34 heavy (non-hydrogen) atoms. The second-order valence-corrected chi connectivity index (χ2v) is 7.63. The molecule has 1 aliphatic heterocycles. The maximum atomic E-state index is 13.1. The molecule has 0 spiro atoms. The molecule has 0 radical (unpaired) electrons. The summed E-state index contributed by atoms with van der Waals surface area (Å²) in [6.45, 7) is -0.178. The SMILES string of the molecule is O=C(COC(=O)c1ccc(Cl)cc1NC(=O)c1ccc(F)cc1)NCc1ccc2c(c1)OCO2. The number of hydrogen-bond donors (Lipinski definition) is 2. The summed E-state index contributed by atoms with van der Waals surface area (Å²) in [6.07, 6.45) is 0. The van der Waals surface area contributed by atoms with Crippen molar-refractivity contribution in [2.45, 2.75) is 6.54 Å². The molecule has 0 saturated carbocycles. The number of esters is 1. The highest BCUT2D eigenvalue weighted by Gasteiger charge is 2.18. The first-order valence-electron chi connectivity index (χ1n) is 10.1. The van der Waals surface area contributed by atoms with E-state index < -0.39 is 30.2 Å². The topological polar surface area (TPSA) is 103 Å². The van der Waals surface area contributed by atoms with E-state index >= 15 is 0 Å². The van der Waals surface area contributed by atoms with Gasteiger partial charge in [0.2, 0.25) is 6.79 Å². The minimum Gasteiger partial charge on any atom is -0.454 e. The van der Waals surface area contributed by atoms with Crippen LogP contribution >= 0.6 is 11.6 Å². The van der Waals surface area contributed by atoms with Gasteiger partial charge in [-0.05, 0) is 60.2 Å². The van der Waals surface area contributed by atoms with Gasteiger partial charge in [0.1, 0.15) is 5.82 Å². The van der Waals surface area contributed by atoms with E-state index in [2.05, 4.69) is 10.6 Å². The molecule has 10 heteroatoms. The van der Waals surface area contributed by atoms with Gasteiger partial charge in [0.15, 0.2) is 18.1 Å². The molecule has 0 saturated heterocycles. The number of ether oxygens (including phenoxy) is 3. The summed E-state index contributed by atoms with van der Waals surface area (Å²) >= 11 is 6.00. The van der Waals surface area contributed by atoms with Gasteiger partial charge >= 0.3 is 5.97 Å². The van der Waals surface area contributed by atoms with Gasteiger partial charge in [0, 0.05) is 17.1 Å². The first-order chi connectivity index (χ1) is 16.4. The first kappa shape index (κ1) is 23.1. The summed E-state index contributed by atoms with van der Waals surface area (Å²) in [5.41, 5.74) is 1.06. The van der Waals surface area contributed by atoms with Crippen LogP contribution in [0.1, 0.15) is 26.3 Å². The smallest absolute Gasteiger partial charge is 0.340 e. The number of carbonyl (C=O) groups is 3. The molecular formula is C24H18ClFN2O6. The molecule has 2 amide bonds. The van der Waals surface area contributed by atoms with Gasteiger partial charge in [-0.25, -0.2) is 9.18 Å². The van der Waals surface area contributed by atoms with Crippen molar-refractivity contribution in [3.05, 3.63) is 88.2 Å². The van der Waals surface area contributed by atoms with Gasteiger partial charge in [-0.2, -0.15) is 0 Å². The molecule has 0 aliphatic carbocycles. The van der Waals surface area contributed by atoms with Crippen molar-refractivity contribution in [2.75, 3.05) is 18.7 Å². The Morgan fingerprint density at radius 2 is 1.74 bits per heavy atom. The molecular weight excluding hydrogens is 467 g/mol. The van der Waals surface area contributed by atoms with Crippen LogP contribution in [0.3, 0.4) is 0 Å². The molecule has 174 valence electrons.